The zero-order chi connectivity index (χ0) is 24.7. The van der Waals surface area contributed by atoms with Crippen LogP contribution in [0.15, 0.2) is 84.4 Å². The predicted octanol–water partition coefficient (Wildman–Crippen LogP) is 6.76. The van der Waals surface area contributed by atoms with Gasteiger partial charge in [0, 0.05) is 26.7 Å². The molecule has 5 rings (SSSR count). The van der Waals surface area contributed by atoms with Crippen molar-refractivity contribution < 1.29 is 14.3 Å². The fraction of sp³-hybridized carbons (Fsp3) is 0.219. The standard InChI is InChI=1S/C32H31NO3.ClH/c1-35-23-31(34)36-28-16-12-24(13-17-28)7-6-20-33-21-18-27(19-22-33)32-29-10-4-2-8-25(29)14-15-26-9-3-5-11-30(26)32;/h2-17H,18-23H2,1H3;1H/b7-6+;. The summed E-state index contributed by atoms with van der Waals surface area (Å²) in [5, 5.41) is 0. The van der Waals surface area contributed by atoms with Gasteiger partial charge in [-0.2, -0.15) is 0 Å². The first kappa shape index (κ1) is 26.6. The van der Waals surface area contributed by atoms with Gasteiger partial charge in [0.2, 0.25) is 0 Å². The molecule has 190 valence electrons. The zero-order valence-electron chi connectivity index (χ0n) is 21.1. The summed E-state index contributed by atoms with van der Waals surface area (Å²) in [4.78, 5) is 14.0. The van der Waals surface area contributed by atoms with Crippen molar-refractivity contribution in [2.45, 2.75) is 12.8 Å². The number of hydrogen-bond acceptors (Lipinski definition) is 4. The summed E-state index contributed by atoms with van der Waals surface area (Å²) in [7, 11) is 1.47. The van der Waals surface area contributed by atoms with Gasteiger partial charge in [0.25, 0.3) is 0 Å². The van der Waals surface area contributed by atoms with Gasteiger partial charge in [-0.05, 0) is 58.4 Å². The fourth-order valence-electron chi connectivity index (χ4n) is 4.96. The Kier molecular flexibility index (Phi) is 9.13. The van der Waals surface area contributed by atoms with Crippen LogP contribution in [0, 0.1) is 0 Å². The molecule has 0 spiro atoms. The second-order valence-corrected chi connectivity index (χ2v) is 9.17. The maximum atomic E-state index is 11.5. The van der Waals surface area contributed by atoms with Crippen molar-refractivity contribution in [2.75, 3.05) is 33.4 Å². The lowest BCUT2D eigenvalue weighted by Gasteiger charge is -2.29. The molecule has 3 aromatic rings. The Labute approximate surface area is 225 Å². The van der Waals surface area contributed by atoms with E-state index in [9.17, 15) is 4.79 Å². The van der Waals surface area contributed by atoms with Gasteiger partial charge in [-0.3, -0.25) is 4.90 Å². The molecule has 37 heavy (non-hydrogen) atoms. The summed E-state index contributed by atoms with van der Waals surface area (Å²) in [6.07, 6.45) is 11.0. The van der Waals surface area contributed by atoms with E-state index < -0.39 is 5.97 Å². The fourth-order valence-corrected chi connectivity index (χ4v) is 4.96. The van der Waals surface area contributed by atoms with Crippen LogP contribution >= 0.6 is 12.4 Å². The molecule has 0 saturated carbocycles. The van der Waals surface area contributed by atoms with E-state index in [4.69, 9.17) is 9.47 Å². The molecule has 0 N–H and O–H groups in total. The highest BCUT2D eigenvalue weighted by molar-refractivity contribution is 5.95. The molecule has 0 bridgehead atoms. The van der Waals surface area contributed by atoms with Crippen molar-refractivity contribution in [3.63, 3.8) is 0 Å². The minimum absolute atomic E-state index is 0. The molecule has 3 aromatic carbocycles. The maximum absolute atomic E-state index is 11.5. The van der Waals surface area contributed by atoms with Crippen LogP contribution in [0.25, 0.3) is 23.8 Å². The smallest absolute Gasteiger partial charge is 0.337 e. The highest BCUT2D eigenvalue weighted by Gasteiger charge is 2.22. The third-order valence-electron chi connectivity index (χ3n) is 6.76. The maximum Gasteiger partial charge on any atom is 0.337 e. The van der Waals surface area contributed by atoms with Crippen molar-refractivity contribution >= 4 is 42.2 Å². The number of fused-ring (bicyclic) bond motifs is 2. The molecule has 1 saturated heterocycles. The Hall–Kier alpha value is -3.44. The van der Waals surface area contributed by atoms with Gasteiger partial charge < -0.3 is 9.47 Å². The van der Waals surface area contributed by atoms with Gasteiger partial charge in [0.05, 0.1) is 0 Å². The average Bonchev–Trinajstić information content (AvgIpc) is 3.07. The van der Waals surface area contributed by atoms with E-state index in [0.29, 0.717) is 5.75 Å². The number of rotatable bonds is 6. The molecule has 0 unspecified atom stereocenters. The van der Waals surface area contributed by atoms with Crippen LogP contribution in [0.4, 0.5) is 0 Å². The number of carbonyl (C=O) groups excluding carboxylic acids is 1. The summed E-state index contributed by atoms with van der Waals surface area (Å²) < 4.78 is 10.0. The molecular weight excluding hydrogens is 482 g/mol. The van der Waals surface area contributed by atoms with Crippen molar-refractivity contribution in [1.29, 1.82) is 0 Å². The van der Waals surface area contributed by atoms with E-state index in [1.54, 1.807) is 5.57 Å². The summed E-state index contributed by atoms with van der Waals surface area (Å²) in [6, 6.07) is 25.0. The Bertz CT molecular complexity index is 1260. The van der Waals surface area contributed by atoms with E-state index in [2.05, 4.69) is 77.7 Å². The van der Waals surface area contributed by atoms with Crippen LogP contribution in [0.3, 0.4) is 0 Å². The van der Waals surface area contributed by atoms with Crippen molar-refractivity contribution in [1.82, 2.24) is 4.90 Å². The van der Waals surface area contributed by atoms with Crippen molar-refractivity contribution in [3.05, 3.63) is 112 Å². The van der Waals surface area contributed by atoms with Crippen LogP contribution in [0.2, 0.25) is 0 Å². The lowest BCUT2D eigenvalue weighted by atomic mass is 9.86. The number of carbonyl (C=O) groups is 1. The topological polar surface area (TPSA) is 38.8 Å². The molecule has 0 atom stereocenters. The van der Waals surface area contributed by atoms with Gasteiger partial charge in [0.15, 0.2) is 0 Å². The largest absolute Gasteiger partial charge is 0.425 e. The summed E-state index contributed by atoms with van der Waals surface area (Å²) in [5.41, 5.74) is 9.34. The zero-order valence-corrected chi connectivity index (χ0v) is 21.9. The van der Waals surface area contributed by atoms with E-state index >= 15 is 0 Å². The van der Waals surface area contributed by atoms with Crippen LogP contribution in [0.1, 0.15) is 40.7 Å². The number of hydrogen-bond donors (Lipinski definition) is 0. The van der Waals surface area contributed by atoms with Gasteiger partial charge >= 0.3 is 5.97 Å². The Morgan fingerprint density at radius 3 is 2.05 bits per heavy atom. The Balaban J connectivity index is 0.00000320. The molecule has 4 nitrogen and oxygen atoms in total. The summed E-state index contributed by atoms with van der Waals surface area (Å²) in [6.45, 7) is 2.97. The number of ether oxygens (including phenoxy) is 2. The number of benzene rings is 3. The number of piperidine rings is 1. The number of esters is 1. The monoisotopic (exact) mass is 513 g/mol. The molecule has 1 aliphatic heterocycles. The Morgan fingerprint density at radius 1 is 0.865 bits per heavy atom. The lowest BCUT2D eigenvalue weighted by Crippen LogP contribution is -2.31. The summed E-state index contributed by atoms with van der Waals surface area (Å²) in [5.74, 6) is 0.134. The average molecular weight is 514 g/mol. The number of likely N-dealkylation sites (tertiary alicyclic amines) is 1. The van der Waals surface area contributed by atoms with E-state index in [-0.39, 0.29) is 19.0 Å². The first-order valence-corrected chi connectivity index (χ1v) is 12.5. The molecule has 2 aliphatic rings. The molecule has 1 heterocycles. The molecule has 1 aliphatic carbocycles. The second-order valence-electron chi connectivity index (χ2n) is 9.17. The molecule has 0 amide bonds. The SMILES string of the molecule is COCC(=O)Oc1ccc(/C=C/CN2CCC(=C3c4ccccc4C=Cc4ccccc43)CC2)cc1.Cl. The Morgan fingerprint density at radius 2 is 1.46 bits per heavy atom. The van der Waals surface area contributed by atoms with Gasteiger partial charge in [-0.25, -0.2) is 4.79 Å². The molecule has 0 aromatic heterocycles. The van der Waals surface area contributed by atoms with Crippen LogP contribution in [-0.4, -0.2) is 44.2 Å². The third-order valence-corrected chi connectivity index (χ3v) is 6.76. The quantitative estimate of drug-likeness (QED) is 0.211. The first-order valence-electron chi connectivity index (χ1n) is 12.5. The third kappa shape index (κ3) is 6.47. The van der Waals surface area contributed by atoms with E-state index in [0.717, 1.165) is 38.0 Å². The number of halogens is 1. The van der Waals surface area contributed by atoms with Gasteiger partial charge in [-0.15, -0.1) is 12.4 Å². The molecular formula is C32H32ClNO3. The normalized spacial score (nSPS) is 15.1. The van der Waals surface area contributed by atoms with Crippen LogP contribution < -0.4 is 4.74 Å². The minimum atomic E-state index is -0.396. The van der Waals surface area contributed by atoms with Gasteiger partial charge in [0.1, 0.15) is 12.4 Å². The van der Waals surface area contributed by atoms with Crippen molar-refractivity contribution in [2.24, 2.45) is 0 Å². The summed E-state index contributed by atoms with van der Waals surface area (Å²) >= 11 is 0. The molecule has 1 fully saturated rings. The lowest BCUT2D eigenvalue weighted by molar-refractivity contribution is -0.138. The highest BCUT2D eigenvalue weighted by Crippen LogP contribution is 2.38. The van der Waals surface area contributed by atoms with Crippen LogP contribution in [-0.2, 0) is 9.53 Å². The van der Waals surface area contributed by atoms with E-state index in [1.165, 1.54) is 34.9 Å². The molecule has 0 radical (unpaired) electrons. The first-order chi connectivity index (χ1) is 17.7. The number of methoxy groups -OCH3 is 1. The van der Waals surface area contributed by atoms with Crippen molar-refractivity contribution in [3.8, 4) is 5.75 Å². The highest BCUT2D eigenvalue weighted by atomic mass is 35.5. The molecule has 5 heteroatoms. The van der Waals surface area contributed by atoms with Gasteiger partial charge in [-0.1, -0.05) is 90.5 Å². The minimum Gasteiger partial charge on any atom is -0.425 e. The van der Waals surface area contributed by atoms with E-state index in [1.807, 2.05) is 24.3 Å². The second kappa shape index (κ2) is 12.7. The number of nitrogens with zero attached hydrogens (tertiary/aromatic N) is 1. The van der Waals surface area contributed by atoms with Crippen LogP contribution in [0.5, 0.6) is 5.75 Å². The predicted molar refractivity (Wildman–Crippen MR) is 154 cm³/mol.